The van der Waals surface area contributed by atoms with Gasteiger partial charge >= 0.3 is 6.03 Å². The van der Waals surface area contributed by atoms with Gasteiger partial charge in [0.05, 0.1) is 0 Å². The smallest absolute Gasteiger partial charge is 0.318 e. The minimum atomic E-state index is -0.482. The van der Waals surface area contributed by atoms with Crippen LogP contribution >= 0.6 is 0 Å². The van der Waals surface area contributed by atoms with Crippen molar-refractivity contribution in [2.24, 2.45) is 5.92 Å². The molecule has 0 aromatic heterocycles. The predicted molar refractivity (Wildman–Crippen MR) is 97.2 cm³/mol. The first kappa shape index (κ1) is 18.3. The summed E-state index contributed by atoms with van der Waals surface area (Å²) in [6, 6.07) is 7.36. The van der Waals surface area contributed by atoms with Crippen molar-refractivity contribution in [3.8, 4) is 0 Å². The van der Waals surface area contributed by atoms with Crippen LogP contribution in [0.2, 0.25) is 0 Å². The number of para-hydroxylation sites is 1. The first-order chi connectivity index (χ1) is 11.5. The van der Waals surface area contributed by atoms with Gasteiger partial charge in [0, 0.05) is 25.3 Å². The van der Waals surface area contributed by atoms with Gasteiger partial charge in [-0.15, -0.1) is 0 Å². The van der Waals surface area contributed by atoms with Gasteiger partial charge in [0.15, 0.2) is 0 Å². The average Bonchev–Trinajstić information content (AvgIpc) is 2.98. The molecule has 1 atom stereocenters. The molecule has 0 unspecified atom stereocenters. The number of carbonyl (C=O) groups excluding carboxylic acids is 2. The molecule has 5 heteroatoms. The number of hydrogen-bond donors (Lipinski definition) is 1. The molecule has 5 nitrogen and oxygen atoms in total. The first-order valence-electron chi connectivity index (χ1n) is 8.92. The van der Waals surface area contributed by atoms with Crippen LogP contribution in [0.25, 0.3) is 0 Å². The quantitative estimate of drug-likeness (QED) is 0.871. The third-order valence-corrected chi connectivity index (χ3v) is 4.51. The van der Waals surface area contributed by atoms with Crippen LogP contribution in [0.15, 0.2) is 24.3 Å². The maximum absolute atomic E-state index is 13.1. The standard InChI is InChI=1S/C19H29N3O2/c1-5-21(6-2)19(24)20-16(13-14(3)4)18(23)22-12-11-15-9-7-8-10-17(15)22/h7-10,14,16H,5-6,11-13H2,1-4H3,(H,20,24)/t16-/m1/s1. The summed E-state index contributed by atoms with van der Waals surface area (Å²) in [7, 11) is 0. The molecule has 0 aliphatic carbocycles. The highest BCUT2D eigenvalue weighted by molar-refractivity contribution is 6.00. The van der Waals surface area contributed by atoms with E-state index < -0.39 is 6.04 Å². The average molecular weight is 331 g/mol. The molecule has 3 amide bonds. The highest BCUT2D eigenvalue weighted by Gasteiger charge is 2.31. The maximum atomic E-state index is 13.1. The number of fused-ring (bicyclic) bond motifs is 1. The van der Waals surface area contributed by atoms with Crippen molar-refractivity contribution in [2.45, 2.75) is 46.6 Å². The van der Waals surface area contributed by atoms with Crippen molar-refractivity contribution < 1.29 is 9.59 Å². The maximum Gasteiger partial charge on any atom is 0.318 e. The van der Waals surface area contributed by atoms with E-state index in [1.165, 1.54) is 5.56 Å². The summed E-state index contributed by atoms with van der Waals surface area (Å²) in [5, 5.41) is 2.95. The van der Waals surface area contributed by atoms with Gasteiger partial charge in [0.2, 0.25) is 5.91 Å². The van der Waals surface area contributed by atoms with Crippen LogP contribution in [0.1, 0.15) is 39.7 Å². The molecule has 1 N–H and O–H groups in total. The van der Waals surface area contributed by atoms with Gasteiger partial charge in [0.1, 0.15) is 6.04 Å². The van der Waals surface area contributed by atoms with E-state index in [1.807, 2.05) is 36.9 Å². The van der Waals surface area contributed by atoms with E-state index in [9.17, 15) is 9.59 Å². The number of carbonyl (C=O) groups is 2. The van der Waals surface area contributed by atoms with Crippen LogP contribution in [0.5, 0.6) is 0 Å². The molecule has 1 aliphatic rings. The molecule has 1 aromatic rings. The highest BCUT2D eigenvalue weighted by Crippen LogP contribution is 2.28. The molecule has 1 aliphatic heterocycles. The Hall–Kier alpha value is -2.04. The second kappa shape index (κ2) is 8.18. The largest absolute Gasteiger partial charge is 0.326 e. The lowest BCUT2D eigenvalue weighted by atomic mass is 10.0. The van der Waals surface area contributed by atoms with Gasteiger partial charge < -0.3 is 15.1 Å². The number of rotatable bonds is 6. The summed E-state index contributed by atoms with van der Waals surface area (Å²) in [6.07, 6.45) is 1.52. The fourth-order valence-electron chi connectivity index (χ4n) is 3.20. The normalized spacial score (nSPS) is 14.5. The molecule has 0 saturated heterocycles. The lowest BCUT2D eigenvalue weighted by Crippen LogP contribution is -2.52. The summed E-state index contributed by atoms with van der Waals surface area (Å²) < 4.78 is 0. The molecule has 0 saturated carbocycles. The molecular weight excluding hydrogens is 302 g/mol. The molecule has 24 heavy (non-hydrogen) atoms. The Labute approximate surface area is 145 Å². The summed E-state index contributed by atoms with van der Waals surface area (Å²) >= 11 is 0. The van der Waals surface area contributed by atoms with Crippen LogP contribution in [-0.2, 0) is 11.2 Å². The van der Waals surface area contributed by atoms with Gasteiger partial charge in [-0.25, -0.2) is 4.79 Å². The Morgan fingerprint density at radius 1 is 1.21 bits per heavy atom. The molecule has 0 fully saturated rings. The van der Waals surface area contributed by atoms with Gasteiger partial charge in [0.25, 0.3) is 0 Å². The van der Waals surface area contributed by atoms with Gasteiger partial charge in [-0.1, -0.05) is 32.0 Å². The summed E-state index contributed by atoms with van der Waals surface area (Å²) in [4.78, 5) is 29.0. The van der Waals surface area contributed by atoms with Crippen molar-refractivity contribution >= 4 is 17.6 Å². The molecular formula is C19H29N3O2. The fraction of sp³-hybridized carbons (Fsp3) is 0.579. The van der Waals surface area contributed by atoms with Crippen LogP contribution in [-0.4, -0.2) is 42.5 Å². The lowest BCUT2D eigenvalue weighted by Gasteiger charge is -2.28. The Bertz CT molecular complexity index is 582. The SMILES string of the molecule is CCN(CC)C(=O)N[C@H](CC(C)C)C(=O)N1CCc2ccccc21. The topological polar surface area (TPSA) is 52.7 Å². The van der Waals surface area contributed by atoms with Crippen molar-refractivity contribution in [1.82, 2.24) is 10.2 Å². The minimum absolute atomic E-state index is 0.00541. The van der Waals surface area contributed by atoms with Crippen LogP contribution in [0.4, 0.5) is 10.5 Å². The molecule has 132 valence electrons. The summed E-state index contributed by atoms with van der Waals surface area (Å²) in [5.74, 6) is 0.322. The Kier molecular flexibility index (Phi) is 6.23. The van der Waals surface area contributed by atoms with E-state index >= 15 is 0 Å². The number of amides is 3. The zero-order valence-corrected chi connectivity index (χ0v) is 15.2. The summed E-state index contributed by atoms with van der Waals surface area (Å²) in [6.45, 7) is 9.99. The van der Waals surface area contributed by atoms with Crippen molar-refractivity contribution in [2.75, 3.05) is 24.5 Å². The fourth-order valence-corrected chi connectivity index (χ4v) is 3.20. The number of benzene rings is 1. The van der Waals surface area contributed by atoms with E-state index in [2.05, 4.69) is 25.2 Å². The van der Waals surface area contributed by atoms with Crippen molar-refractivity contribution in [1.29, 1.82) is 0 Å². The second-order valence-corrected chi connectivity index (χ2v) is 6.67. The molecule has 0 radical (unpaired) electrons. The highest BCUT2D eigenvalue weighted by atomic mass is 16.2. The van der Waals surface area contributed by atoms with E-state index in [0.717, 1.165) is 12.1 Å². The van der Waals surface area contributed by atoms with Crippen LogP contribution in [0.3, 0.4) is 0 Å². The van der Waals surface area contributed by atoms with Gasteiger partial charge in [-0.2, -0.15) is 0 Å². The number of nitrogens with one attached hydrogen (secondary N) is 1. The zero-order chi connectivity index (χ0) is 17.7. The Balaban J connectivity index is 2.16. The molecule has 2 rings (SSSR count). The molecule has 1 heterocycles. The Morgan fingerprint density at radius 3 is 2.50 bits per heavy atom. The van der Waals surface area contributed by atoms with Gasteiger partial charge in [-0.05, 0) is 44.2 Å². The van der Waals surface area contributed by atoms with E-state index in [0.29, 0.717) is 32.0 Å². The van der Waals surface area contributed by atoms with E-state index in [4.69, 9.17) is 0 Å². The first-order valence-corrected chi connectivity index (χ1v) is 8.92. The zero-order valence-electron chi connectivity index (χ0n) is 15.2. The molecule has 0 spiro atoms. The third-order valence-electron chi connectivity index (χ3n) is 4.51. The van der Waals surface area contributed by atoms with E-state index in [1.54, 1.807) is 4.90 Å². The van der Waals surface area contributed by atoms with Crippen molar-refractivity contribution in [3.63, 3.8) is 0 Å². The van der Waals surface area contributed by atoms with Crippen LogP contribution < -0.4 is 10.2 Å². The van der Waals surface area contributed by atoms with Gasteiger partial charge in [-0.3, -0.25) is 4.79 Å². The van der Waals surface area contributed by atoms with Crippen molar-refractivity contribution in [3.05, 3.63) is 29.8 Å². The third kappa shape index (κ3) is 4.08. The number of urea groups is 1. The number of nitrogens with zero attached hydrogens (tertiary/aromatic N) is 2. The van der Waals surface area contributed by atoms with E-state index in [-0.39, 0.29) is 11.9 Å². The number of anilines is 1. The predicted octanol–water partition coefficient (Wildman–Crippen LogP) is 3.04. The second-order valence-electron chi connectivity index (χ2n) is 6.67. The minimum Gasteiger partial charge on any atom is -0.326 e. The monoisotopic (exact) mass is 331 g/mol. The Morgan fingerprint density at radius 2 is 1.88 bits per heavy atom. The summed E-state index contributed by atoms with van der Waals surface area (Å²) in [5.41, 5.74) is 2.18. The molecule has 1 aromatic carbocycles. The van der Waals surface area contributed by atoms with Crippen LogP contribution in [0, 0.1) is 5.92 Å². The molecule has 0 bridgehead atoms. The number of hydrogen-bond acceptors (Lipinski definition) is 2. The lowest BCUT2D eigenvalue weighted by molar-refractivity contribution is -0.120.